The molecule has 23 heavy (non-hydrogen) atoms. The van der Waals surface area contributed by atoms with Crippen LogP contribution < -0.4 is 0 Å². The third-order valence-corrected chi connectivity index (χ3v) is 3.30. The molecule has 0 N–H and O–H groups in total. The Morgan fingerprint density at radius 2 is 1.96 bits per heavy atom. The number of carbonyl (C=O) groups excluding carboxylic acids is 1. The molecule has 0 aliphatic rings. The van der Waals surface area contributed by atoms with E-state index in [0.717, 1.165) is 25.3 Å². The molecule has 4 nitrogen and oxygen atoms in total. The Bertz CT molecular complexity index is 736. The standard InChI is InChI=1S/C15H14F4N2O2/c1-8(2)9-7-20-21(12(9)14(22)23-3)13-10(15(17,18)19)5-4-6-11(13)16/h4-8H,1-3H3. The first-order chi connectivity index (χ1) is 10.7. The van der Waals surface area contributed by atoms with Crippen LogP contribution in [0.15, 0.2) is 24.4 Å². The van der Waals surface area contributed by atoms with Gasteiger partial charge in [-0.05, 0) is 18.1 Å². The fourth-order valence-corrected chi connectivity index (χ4v) is 2.21. The molecule has 0 bridgehead atoms. The molecule has 124 valence electrons. The first-order valence-corrected chi connectivity index (χ1v) is 6.70. The minimum atomic E-state index is -4.80. The monoisotopic (exact) mass is 330 g/mol. The zero-order chi connectivity index (χ0) is 17.4. The number of para-hydroxylation sites is 1. The molecule has 1 aromatic carbocycles. The van der Waals surface area contributed by atoms with Gasteiger partial charge in [-0.1, -0.05) is 19.9 Å². The van der Waals surface area contributed by atoms with E-state index in [4.69, 9.17) is 0 Å². The van der Waals surface area contributed by atoms with Gasteiger partial charge in [0.15, 0.2) is 5.69 Å². The van der Waals surface area contributed by atoms with Gasteiger partial charge in [0.2, 0.25) is 0 Å². The molecule has 2 rings (SSSR count). The van der Waals surface area contributed by atoms with E-state index in [2.05, 4.69) is 9.84 Å². The van der Waals surface area contributed by atoms with Crippen LogP contribution in [-0.4, -0.2) is 22.9 Å². The van der Waals surface area contributed by atoms with E-state index in [1.54, 1.807) is 13.8 Å². The molecule has 0 amide bonds. The zero-order valence-electron chi connectivity index (χ0n) is 12.6. The number of benzene rings is 1. The summed E-state index contributed by atoms with van der Waals surface area (Å²) in [6.45, 7) is 3.47. The minimum absolute atomic E-state index is 0.209. The van der Waals surface area contributed by atoms with E-state index >= 15 is 0 Å². The summed E-state index contributed by atoms with van der Waals surface area (Å²) in [6.07, 6.45) is -3.56. The Balaban J connectivity index is 2.81. The molecule has 0 unspecified atom stereocenters. The highest BCUT2D eigenvalue weighted by Gasteiger charge is 2.37. The van der Waals surface area contributed by atoms with E-state index in [1.165, 1.54) is 6.20 Å². The maximum Gasteiger partial charge on any atom is 0.418 e. The van der Waals surface area contributed by atoms with Gasteiger partial charge in [0.1, 0.15) is 11.5 Å². The van der Waals surface area contributed by atoms with Gasteiger partial charge < -0.3 is 4.74 Å². The van der Waals surface area contributed by atoms with Crippen LogP contribution in [0.5, 0.6) is 0 Å². The number of hydrogen-bond acceptors (Lipinski definition) is 3. The van der Waals surface area contributed by atoms with Crippen LogP contribution in [0, 0.1) is 5.82 Å². The van der Waals surface area contributed by atoms with Gasteiger partial charge in [-0.3, -0.25) is 0 Å². The molecule has 0 atom stereocenters. The third kappa shape index (κ3) is 3.06. The molecule has 8 heteroatoms. The number of hydrogen-bond donors (Lipinski definition) is 0. The maximum atomic E-state index is 14.1. The number of methoxy groups -OCH3 is 1. The molecular formula is C15H14F4N2O2. The molecule has 1 heterocycles. The van der Waals surface area contributed by atoms with Crippen molar-refractivity contribution in [2.75, 3.05) is 7.11 Å². The smallest absolute Gasteiger partial charge is 0.418 e. The largest absolute Gasteiger partial charge is 0.464 e. The lowest BCUT2D eigenvalue weighted by atomic mass is 10.0. The van der Waals surface area contributed by atoms with Gasteiger partial charge in [-0.2, -0.15) is 18.3 Å². The van der Waals surface area contributed by atoms with Crippen molar-refractivity contribution in [3.8, 4) is 5.69 Å². The molecule has 0 aliphatic heterocycles. The summed E-state index contributed by atoms with van der Waals surface area (Å²) in [5, 5.41) is 3.79. The zero-order valence-corrected chi connectivity index (χ0v) is 12.6. The van der Waals surface area contributed by atoms with Crippen molar-refractivity contribution in [3.05, 3.63) is 47.0 Å². The lowest BCUT2D eigenvalue weighted by molar-refractivity contribution is -0.137. The van der Waals surface area contributed by atoms with Crippen molar-refractivity contribution < 1.29 is 27.1 Å². The Kier molecular flexibility index (Phi) is 4.44. The molecule has 0 aliphatic carbocycles. The minimum Gasteiger partial charge on any atom is -0.464 e. The number of halogens is 4. The summed E-state index contributed by atoms with van der Waals surface area (Å²) < 4.78 is 58.9. The van der Waals surface area contributed by atoms with E-state index in [0.29, 0.717) is 10.2 Å². The molecule has 1 aromatic heterocycles. The number of alkyl halides is 3. The van der Waals surface area contributed by atoms with Gasteiger partial charge in [0.25, 0.3) is 0 Å². The number of esters is 1. The molecule has 0 saturated heterocycles. The predicted molar refractivity (Wildman–Crippen MR) is 74.0 cm³/mol. The average molecular weight is 330 g/mol. The SMILES string of the molecule is COC(=O)c1c(C(C)C)cnn1-c1c(F)cccc1C(F)(F)F. The summed E-state index contributed by atoms with van der Waals surface area (Å²) in [7, 11) is 1.09. The van der Waals surface area contributed by atoms with E-state index in [9.17, 15) is 22.4 Å². The van der Waals surface area contributed by atoms with Crippen molar-refractivity contribution in [3.63, 3.8) is 0 Å². The summed E-state index contributed by atoms with van der Waals surface area (Å²) in [6, 6.07) is 2.56. The van der Waals surface area contributed by atoms with Gasteiger partial charge in [0.05, 0.1) is 18.9 Å². The summed E-state index contributed by atoms with van der Waals surface area (Å²) in [5.74, 6) is -2.23. The fourth-order valence-electron chi connectivity index (χ4n) is 2.21. The molecular weight excluding hydrogens is 316 g/mol. The van der Waals surface area contributed by atoms with Crippen LogP contribution in [0.2, 0.25) is 0 Å². The van der Waals surface area contributed by atoms with Crippen LogP contribution in [0.25, 0.3) is 5.69 Å². The second-order valence-corrected chi connectivity index (χ2v) is 5.14. The fraction of sp³-hybridized carbons (Fsp3) is 0.333. The van der Waals surface area contributed by atoms with E-state index in [1.807, 2.05) is 0 Å². The third-order valence-electron chi connectivity index (χ3n) is 3.30. The normalized spacial score (nSPS) is 11.8. The van der Waals surface area contributed by atoms with Crippen LogP contribution >= 0.6 is 0 Å². The van der Waals surface area contributed by atoms with Gasteiger partial charge in [0, 0.05) is 5.56 Å². The quantitative estimate of drug-likeness (QED) is 0.632. The average Bonchev–Trinajstić information content (AvgIpc) is 2.89. The lowest BCUT2D eigenvalue weighted by Crippen LogP contribution is -2.18. The van der Waals surface area contributed by atoms with Crippen LogP contribution in [-0.2, 0) is 10.9 Å². The summed E-state index contributed by atoms with van der Waals surface area (Å²) in [4.78, 5) is 12.0. The predicted octanol–water partition coefficient (Wildman–Crippen LogP) is 3.94. The highest BCUT2D eigenvalue weighted by atomic mass is 19.4. The molecule has 2 aromatic rings. The number of carbonyl (C=O) groups is 1. The molecule has 0 saturated carbocycles. The second-order valence-electron chi connectivity index (χ2n) is 5.14. The Labute approximate surface area is 129 Å². The molecule has 0 spiro atoms. The maximum absolute atomic E-state index is 14.1. The van der Waals surface area contributed by atoms with Gasteiger partial charge in [-0.25, -0.2) is 13.9 Å². The number of rotatable bonds is 3. The van der Waals surface area contributed by atoms with Gasteiger partial charge >= 0.3 is 12.1 Å². The first-order valence-electron chi connectivity index (χ1n) is 6.70. The van der Waals surface area contributed by atoms with Crippen molar-refractivity contribution in [1.29, 1.82) is 0 Å². The summed E-state index contributed by atoms with van der Waals surface area (Å²) in [5.41, 5.74) is -1.90. The van der Waals surface area contributed by atoms with Crippen molar-refractivity contribution >= 4 is 5.97 Å². The first kappa shape index (κ1) is 17.0. The highest BCUT2D eigenvalue weighted by molar-refractivity contribution is 5.90. The lowest BCUT2D eigenvalue weighted by Gasteiger charge is -2.16. The molecule has 0 fully saturated rings. The number of nitrogens with zero attached hydrogens (tertiary/aromatic N) is 2. The number of aromatic nitrogens is 2. The Hall–Kier alpha value is -2.38. The highest BCUT2D eigenvalue weighted by Crippen LogP contribution is 2.36. The Morgan fingerprint density at radius 1 is 1.30 bits per heavy atom. The van der Waals surface area contributed by atoms with E-state index < -0.39 is 29.2 Å². The summed E-state index contributed by atoms with van der Waals surface area (Å²) >= 11 is 0. The van der Waals surface area contributed by atoms with Crippen LogP contribution in [0.1, 0.15) is 41.4 Å². The Morgan fingerprint density at radius 3 is 2.48 bits per heavy atom. The van der Waals surface area contributed by atoms with Crippen molar-refractivity contribution in [2.45, 2.75) is 25.9 Å². The second kappa shape index (κ2) is 6.02. The van der Waals surface area contributed by atoms with Crippen molar-refractivity contribution in [1.82, 2.24) is 9.78 Å². The van der Waals surface area contributed by atoms with Crippen LogP contribution in [0.4, 0.5) is 17.6 Å². The topological polar surface area (TPSA) is 44.1 Å². The van der Waals surface area contributed by atoms with Crippen LogP contribution in [0.3, 0.4) is 0 Å². The number of ether oxygens (including phenoxy) is 1. The molecule has 0 radical (unpaired) electrons. The van der Waals surface area contributed by atoms with E-state index in [-0.39, 0.29) is 11.6 Å². The van der Waals surface area contributed by atoms with Gasteiger partial charge in [-0.15, -0.1) is 0 Å². The van der Waals surface area contributed by atoms with Crippen molar-refractivity contribution in [2.24, 2.45) is 0 Å².